The average molecular weight is 324 g/mol. The van der Waals surface area contributed by atoms with Crippen molar-refractivity contribution in [3.05, 3.63) is 29.3 Å². The van der Waals surface area contributed by atoms with E-state index in [-0.39, 0.29) is 5.91 Å². The molecule has 0 radical (unpaired) electrons. The summed E-state index contributed by atoms with van der Waals surface area (Å²) in [6.45, 7) is 1.73. The second-order valence-corrected chi connectivity index (χ2v) is 5.43. The Morgan fingerprint density at radius 1 is 1.23 bits per heavy atom. The van der Waals surface area contributed by atoms with Crippen LogP contribution in [0.5, 0.6) is 0 Å². The van der Waals surface area contributed by atoms with Crippen molar-refractivity contribution in [2.75, 3.05) is 25.0 Å². The lowest BCUT2D eigenvalue weighted by molar-refractivity contribution is -0.136. The maximum Gasteiger partial charge on any atom is 0.313 e. The fraction of sp³-hybridized carbons (Fsp3) is 0.400. The maximum atomic E-state index is 11.7. The Labute approximate surface area is 133 Å². The molecule has 6 nitrogen and oxygen atoms in total. The Balaban J connectivity index is 1.69. The third-order valence-corrected chi connectivity index (χ3v) is 3.72. The van der Waals surface area contributed by atoms with Gasteiger partial charge in [-0.25, -0.2) is 0 Å². The molecule has 0 unspecified atom stereocenters. The molecule has 1 saturated heterocycles. The lowest BCUT2D eigenvalue weighted by atomic mass is 10.3. The van der Waals surface area contributed by atoms with E-state index in [1.54, 1.807) is 29.2 Å². The van der Waals surface area contributed by atoms with E-state index >= 15 is 0 Å². The van der Waals surface area contributed by atoms with Gasteiger partial charge in [0.05, 0.1) is 10.7 Å². The summed E-state index contributed by atoms with van der Waals surface area (Å²) in [6.07, 6.45) is 2.12. The molecule has 0 atom stereocenters. The number of carbonyl (C=O) groups excluding carboxylic acids is 3. The number of para-hydroxylation sites is 1. The van der Waals surface area contributed by atoms with Gasteiger partial charge in [-0.2, -0.15) is 0 Å². The van der Waals surface area contributed by atoms with Crippen LogP contribution in [0.1, 0.15) is 19.3 Å². The van der Waals surface area contributed by atoms with Crippen molar-refractivity contribution in [2.24, 2.45) is 0 Å². The first kappa shape index (κ1) is 16.3. The predicted octanol–water partition coefficient (Wildman–Crippen LogP) is 1.41. The van der Waals surface area contributed by atoms with Gasteiger partial charge in [-0.3, -0.25) is 14.4 Å². The number of halogens is 1. The van der Waals surface area contributed by atoms with E-state index in [9.17, 15) is 14.4 Å². The molecular formula is C15H18ClN3O3. The third kappa shape index (κ3) is 4.46. The zero-order chi connectivity index (χ0) is 15.9. The van der Waals surface area contributed by atoms with Gasteiger partial charge in [0.25, 0.3) is 0 Å². The minimum Gasteiger partial charge on any atom is -0.348 e. The second-order valence-electron chi connectivity index (χ2n) is 5.03. The van der Waals surface area contributed by atoms with Crippen molar-refractivity contribution >= 4 is 35.0 Å². The highest BCUT2D eigenvalue weighted by Gasteiger charge is 2.19. The van der Waals surface area contributed by atoms with Crippen LogP contribution in [0, 0.1) is 0 Å². The molecular weight excluding hydrogens is 306 g/mol. The molecule has 0 bridgehead atoms. The van der Waals surface area contributed by atoms with Crippen molar-refractivity contribution in [1.29, 1.82) is 0 Å². The van der Waals surface area contributed by atoms with Crippen LogP contribution in [0.4, 0.5) is 5.69 Å². The number of benzene rings is 1. The van der Waals surface area contributed by atoms with Gasteiger partial charge in [0.1, 0.15) is 0 Å². The summed E-state index contributed by atoms with van der Waals surface area (Å²) in [7, 11) is 0. The van der Waals surface area contributed by atoms with Crippen LogP contribution in [0.15, 0.2) is 24.3 Å². The van der Waals surface area contributed by atoms with E-state index in [1.807, 2.05) is 0 Å². The number of hydrogen-bond donors (Lipinski definition) is 2. The Bertz CT molecular complexity index is 577. The molecule has 0 aromatic heterocycles. The number of nitrogens with zero attached hydrogens (tertiary/aromatic N) is 1. The number of likely N-dealkylation sites (tertiary alicyclic amines) is 1. The number of carbonyl (C=O) groups is 3. The van der Waals surface area contributed by atoms with E-state index in [0.29, 0.717) is 36.6 Å². The van der Waals surface area contributed by atoms with E-state index in [0.717, 1.165) is 13.0 Å². The van der Waals surface area contributed by atoms with Crippen LogP contribution < -0.4 is 10.6 Å². The first-order valence-corrected chi connectivity index (χ1v) is 7.57. The number of nitrogens with one attached hydrogen (secondary N) is 2. The zero-order valence-corrected chi connectivity index (χ0v) is 12.9. The summed E-state index contributed by atoms with van der Waals surface area (Å²) in [5.74, 6) is -1.32. The SMILES string of the molecule is O=C(NCCCN1CCCC1=O)C(=O)Nc1ccccc1Cl. The fourth-order valence-electron chi connectivity index (χ4n) is 2.23. The van der Waals surface area contributed by atoms with Crippen molar-refractivity contribution in [3.8, 4) is 0 Å². The molecule has 0 spiro atoms. The topological polar surface area (TPSA) is 78.5 Å². The molecule has 2 N–H and O–H groups in total. The van der Waals surface area contributed by atoms with Crippen molar-refractivity contribution in [1.82, 2.24) is 10.2 Å². The van der Waals surface area contributed by atoms with Crippen molar-refractivity contribution in [2.45, 2.75) is 19.3 Å². The smallest absolute Gasteiger partial charge is 0.313 e. The molecule has 7 heteroatoms. The van der Waals surface area contributed by atoms with E-state index in [2.05, 4.69) is 10.6 Å². The quantitative estimate of drug-likeness (QED) is 0.635. The number of anilines is 1. The minimum absolute atomic E-state index is 0.155. The Kier molecular flexibility index (Phi) is 5.77. The minimum atomic E-state index is -0.759. The summed E-state index contributed by atoms with van der Waals surface area (Å²) in [5.41, 5.74) is 0.395. The van der Waals surface area contributed by atoms with Gasteiger partial charge in [-0.05, 0) is 25.0 Å². The molecule has 1 aliphatic rings. The van der Waals surface area contributed by atoms with Gasteiger partial charge in [-0.15, -0.1) is 0 Å². The standard InChI is InChI=1S/C15H18ClN3O3/c16-11-5-1-2-6-12(11)18-15(22)14(21)17-8-4-10-19-9-3-7-13(19)20/h1-2,5-6H,3-4,7-10H2,(H,17,21)(H,18,22). The summed E-state index contributed by atoms with van der Waals surface area (Å²) in [5, 5.41) is 5.35. The van der Waals surface area contributed by atoms with E-state index < -0.39 is 11.8 Å². The Hall–Kier alpha value is -2.08. The number of rotatable bonds is 5. The van der Waals surface area contributed by atoms with Gasteiger partial charge in [-0.1, -0.05) is 23.7 Å². The van der Waals surface area contributed by atoms with Crippen LogP contribution in [-0.4, -0.2) is 42.3 Å². The monoisotopic (exact) mass is 323 g/mol. The van der Waals surface area contributed by atoms with E-state index in [1.165, 1.54) is 0 Å². The molecule has 3 amide bonds. The summed E-state index contributed by atoms with van der Waals surface area (Å²) >= 11 is 5.90. The molecule has 1 heterocycles. The normalized spacial score (nSPS) is 14.0. The lowest BCUT2D eigenvalue weighted by Gasteiger charge is -2.15. The van der Waals surface area contributed by atoms with Gasteiger partial charge >= 0.3 is 11.8 Å². The van der Waals surface area contributed by atoms with Gasteiger partial charge < -0.3 is 15.5 Å². The highest BCUT2D eigenvalue weighted by atomic mass is 35.5. The molecule has 1 aromatic carbocycles. The highest BCUT2D eigenvalue weighted by Crippen LogP contribution is 2.20. The fourth-order valence-corrected chi connectivity index (χ4v) is 2.42. The van der Waals surface area contributed by atoms with E-state index in [4.69, 9.17) is 11.6 Å². The second kappa shape index (κ2) is 7.79. The molecule has 1 fully saturated rings. The number of amides is 3. The van der Waals surface area contributed by atoms with Crippen LogP contribution in [0.3, 0.4) is 0 Å². The zero-order valence-electron chi connectivity index (χ0n) is 12.1. The van der Waals surface area contributed by atoms with Gasteiger partial charge in [0.2, 0.25) is 5.91 Å². The predicted molar refractivity (Wildman–Crippen MR) is 83.5 cm³/mol. The first-order valence-electron chi connectivity index (χ1n) is 7.19. The largest absolute Gasteiger partial charge is 0.348 e. The van der Waals surface area contributed by atoms with Crippen molar-refractivity contribution in [3.63, 3.8) is 0 Å². The Morgan fingerprint density at radius 3 is 2.68 bits per heavy atom. The summed E-state index contributed by atoms with van der Waals surface area (Å²) < 4.78 is 0. The van der Waals surface area contributed by atoms with Crippen molar-refractivity contribution < 1.29 is 14.4 Å². The van der Waals surface area contributed by atoms with Crippen LogP contribution in [0.2, 0.25) is 5.02 Å². The molecule has 2 rings (SSSR count). The highest BCUT2D eigenvalue weighted by molar-refractivity contribution is 6.41. The molecule has 1 aromatic rings. The molecule has 0 saturated carbocycles. The summed E-state index contributed by atoms with van der Waals surface area (Å²) in [6, 6.07) is 6.69. The first-order chi connectivity index (χ1) is 10.6. The van der Waals surface area contributed by atoms with Crippen LogP contribution in [-0.2, 0) is 14.4 Å². The molecule has 22 heavy (non-hydrogen) atoms. The van der Waals surface area contributed by atoms with Gasteiger partial charge in [0.15, 0.2) is 0 Å². The summed E-state index contributed by atoms with van der Waals surface area (Å²) in [4.78, 5) is 36.6. The molecule has 1 aliphatic heterocycles. The van der Waals surface area contributed by atoms with Crippen LogP contribution >= 0.6 is 11.6 Å². The molecule has 118 valence electrons. The third-order valence-electron chi connectivity index (χ3n) is 3.39. The van der Waals surface area contributed by atoms with Crippen LogP contribution in [0.25, 0.3) is 0 Å². The Morgan fingerprint density at radius 2 is 2.00 bits per heavy atom. The lowest BCUT2D eigenvalue weighted by Crippen LogP contribution is -2.37. The average Bonchev–Trinajstić information content (AvgIpc) is 2.91. The number of hydrogen-bond acceptors (Lipinski definition) is 3. The molecule has 0 aliphatic carbocycles. The van der Waals surface area contributed by atoms with Gasteiger partial charge in [0, 0.05) is 26.1 Å². The maximum absolute atomic E-state index is 11.7.